The van der Waals surface area contributed by atoms with Crippen LogP contribution in [0.2, 0.25) is 5.02 Å². The minimum Gasteiger partial charge on any atom is -0.345 e. The summed E-state index contributed by atoms with van der Waals surface area (Å²) >= 11 is 15.2. The van der Waals surface area contributed by atoms with Crippen LogP contribution in [0.1, 0.15) is 36.0 Å². The van der Waals surface area contributed by atoms with Crippen molar-refractivity contribution in [3.05, 3.63) is 33.3 Å². The van der Waals surface area contributed by atoms with Gasteiger partial charge in [-0.15, -0.1) is 11.6 Å². The van der Waals surface area contributed by atoms with E-state index in [4.69, 9.17) is 23.2 Å². The van der Waals surface area contributed by atoms with E-state index in [1.807, 2.05) is 0 Å². The molecule has 2 nitrogen and oxygen atoms in total. The van der Waals surface area contributed by atoms with E-state index in [1.165, 1.54) is 0 Å². The van der Waals surface area contributed by atoms with Gasteiger partial charge in [0.1, 0.15) is 0 Å². The second kappa shape index (κ2) is 5.81. The fraction of sp³-hybridized carbons (Fsp3) is 0.462. The molecule has 0 radical (unpaired) electrons. The summed E-state index contributed by atoms with van der Waals surface area (Å²) in [7, 11) is 0. The first-order chi connectivity index (χ1) is 8.56. The maximum absolute atomic E-state index is 12.3. The minimum atomic E-state index is -0.238. The maximum atomic E-state index is 12.3. The Balaban J connectivity index is 2.16. The molecule has 0 atom stereocenters. The van der Waals surface area contributed by atoms with E-state index in [2.05, 4.69) is 21.2 Å². The Hall–Kier alpha value is -0.250. The Morgan fingerprint density at radius 3 is 2.61 bits per heavy atom. The van der Waals surface area contributed by atoms with Crippen molar-refractivity contribution in [2.75, 3.05) is 5.88 Å². The van der Waals surface area contributed by atoms with Gasteiger partial charge < -0.3 is 5.32 Å². The van der Waals surface area contributed by atoms with E-state index in [9.17, 15) is 4.79 Å². The Kier molecular flexibility index (Phi) is 4.57. The lowest BCUT2D eigenvalue weighted by molar-refractivity contribution is 0.0908. The van der Waals surface area contributed by atoms with Crippen LogP contribution >= 0.6 is 39.1 Å². The zero-order valence-corrected chi connectivity index (χ0v) is 12.9. The van der Waals surface area contributed by atoms with E-state index in [1.54, 1.807) is 18.2 Å². The Morgan fingerprint density at radius 1 is 1.39 bits per heavy atom. The summed E-state index contributed by atoms with van der Waals surface area (Å²) in [6.45, 7) is 0. The molecular formula is C13H14BrCl2NO. The fourth-order valence-corrected chi connectivity index (χ4v) is 3.52. The van der Waals surface area contributed by atoms with Gasteiger partial charge in [0.05, 0.1) is 11.1 Å². The zero-order chi connectivity index (χ0) is 13.2. The number of carbonyl (C=O) groups excluding carboxylic acids is 1. The largest absolute Gasteiger partial charge is 0.345 e. The number of amides is 1. The Bertz CT molecular complexity index is 458. The predicted molar refractivity (Wildman–Crippen MR) is 78.5 cm³/mol. The number of carbonyl (C=O) groups is 1. The molecule has 18 heavy (non-hydrogen) atoms. The molecule has 1 amide bonds. The van der Waals surface area contributed by atoms with Gasteiger partial charge in [0.25, 0.3) is 5.91 Å². The van der Waals surface area contributed by atoms with Crippen molar-refractivity contribution in [3.8, 4) is 0 Å². The van der Waals surface area contributed by atoms with Crippen LogP contribution in [0, 0.1) is 0 Å². The highest BCUT2D eigenvalue weighted by Crippen LogP contribution is 2.31. The van der Waals surface area contributed by atoms with Crippen molar-refractivity contribution in [3.63, 3.8) is 0 Å². The van der Waals surface area contributed by atoms with Crippen molar-refractivity contribution < 1.29 is 4.79 Å². The summed E-state index contributed by atoms with van der Waals surface area (Å²) in [5.41, 5.74) is 0.355. The third kappa shape index (κ3) is 3.01. The third-order valence-corrected chi connectivity index (χ3v) is 4.77. The van der Waals surface area contributed by atoms with Crippen molar-refractivity contribution in [2.24, 2.45) is 0 Å². The van der Waals surface area contributed by atoms with Gasteiger partial charge in [-0.05, 0) is 47.0 Å². The van der Waals surface area contributed by atoms with Gasteiger partial charge in [-0.2, -0.15) is 0 Å². The Labute approximate surface area is 125 Å². The lowest BCUT2D eigenvalue weighted by atomic mass is 9.99. The molecule has 1 N–H and O–H groups in total. The molecule has 0 bridgehead atoms. The molecule has 1 aromatic rings. The lowest BCUT2D eigenvalue weighted by Gasteiger charge is -2.28. The highest BCUT2D eigenvalue weighted by atomic mass is 79.9. The summed E-state index contributed by atoms with van der Waals surface area (Å²) in [5.74, 6) is 0.366. The number of benzene rings is 1. The first-order valence-electron chi connectivity index (χ1n) is 5.90. The molecule has 5 heteroatoms. The van der Waals surface area contributed by atoms with E-state index >= 15 is 0 Å². The standard InChI is InChI=1S/C13H14BrCl2NO/c14-11-7-9(16)3-4-10(11)12(18)17-13(8-15)5-1-2-6-13/h3-4,7H,1-2,5-6,8H2,(H,17,18). The van der Waals surface area contributed by atoms with Crippen LogP contribution in [0.5, 0.6) is 0 Å². The third-order valence-electron chi connectivity index (χ3n) is 3.37. The highest BCUT2D eigenvalue weighted by molar-refractivity contribution is 9.10. The van der Waals surface area contributed by atoms with Crippen molar-refractivity contribution in [2.45, 2.75) is 31.2 Å². The lowest BCUT2D eigenvalue weighted by Crippen LogP contribution is -2.48. The van der Waals surface area contributed by atoms with Crippen molar-refractivity contribution in [1.29, 1.82) is 0 Å². The van der Waals surface area contributed by atoms with Crippen LogP contribution in [0.3, 0.4) is 0 Å². The molecule has 1 aliphatic carbocycles. The van der Waals surface area contributed by atoms with Crippen molar-refractivity contribution in [1.82, 2.24) is 5.32 Å². The van der Waals surface area contributed by atoms with Crippen LogP contribution in [0.4, 0.5) is 0 Å². The number of nitrogens with one attached hydrogen (secondary N) is 1. The van der Waals surface area contributed by atoms with Crippen LogP contribution in [0.15, 0.2) is 22.7 Å². The number of hydrogen-bond acceptors (Lipinski definition) is 1. The van der Waals surface area contributed by atoms with E-state index in [0.29, 0.717) is 20.9 Å². The quantitative estimate of drug-likeness (QED) is 0.805. The molecule has 1 aromatic carbocycles. The van der Waals surface area contributed by atoms with Gasteiger partial charge in [-0.1, -0.05) is 24.4 Å². The summed E-state index contributed by atoms with van der Waals surface area (Å²) in [6.07, 6.45) is 4.14. The van der Waals surface area contributed by atoms with Crippen LogP contribution in [-0.2, 0) is 0 Å². The predicted octanol–water partition coefficient (Wildman–Crippen LogP) is 4.38. The summed E-state index contributed by atoms with van der Waals surface area (Å²) in [4.78, 5) is 12.3. The second-order valence-corrected chi connectivity index (χ2v) is 6.26. The maximum Gasteiger partial charge on any atom is 0.252 e. The van der Waals surface area contributed by atoms with E-state index < -0.39 is 0 Å². The molecule has 2 rings (SSSR count). The molecular weight excluding hydrogens is 337 g/mol. The highest BCUT2D eigenvalue weighted by Gasteiger charge is 2.34. The van der Waals surface area contributed by atoms with Crippen molar-refractivity contribution >= 4 is 45.0 Å². The second-order valence-electron chi connectivity index (χ2n) is 4.70. The minimum absolute atomic E-state index is 0.0962. The molecule has 0 unspecified atom stereocenters. The average molecular weight is 351 g/mol. The van der Waals surface area contributed by atoms with Gasteiger partial charge in [0.2, 0.25) is 0 Å². The van der Waals surface area contributed by atoms with Crippen LogP contribution in [-0.4, -0.2) is 17.3 Å². The molecule has 1 fully saturated rings. The van der Waals surface area contributed by atoms with Crippen LogP contribution in [0.25, 0.3) is 0 Å². The van der Waals surface area contributed by atoms with Gasteiger partial charge in [-0.3, -0.25) is 4.79 Å². The smallest absolute Gasteiger partial charge is 0.252 e. The van der Waals surface area contributed by atoms with Gasteiger partial charge in [0, 0.05) is 15.4 Å². The molecule has 1 saturated carbocycles. The fourth-order valence-electron chi connectivity index (χ4n) is 2.33. The summed E-state index contributed by atoms with van der Waals surface area (Å²) < 4.78 is 0.704. The van der Waals surface area contributed by atoms with Gasteiger partial charge in [0.15, 0.2) is 0 Å². The molecule has 1 aliphatic rings. The number of hydrogen-bond donors (Lipinski definition) is 1. The van der Waals surface area contributed by atoms with E-state index in [0.717, 1.165) is 25.7 Å². The SMILES string of the molecule is O=C(NC1(CCl)CCCC1)c1ccc(Cl)cc1Br. The van der Waals surface area contributed by atoms with E-state index in [-0.39, 0.29) is 11.4 Å². The first-order valence-corrected chi connectivity index (χ1v) is 7.60. The Morgan fingerprint density at radius 2 is 2.06 bits per heavy atom. The normalized spacial score (nSPS) is 17.7. The van der Waals surface area contributed by atoms with Crippen LogP contribution < -0.4 is 5.32 Å². The molecule has 0 spiro atoms. The molecule has 0 heterocycles. The molecule has 0 aliphatic heterocycles. The zero-order valence-electron chi connectivity index (χ0n) is 9.81. The number of rotatable bonds is 3. The molecule has 0 saturated heterocycles. The summed E-state index contributed by atoms with van der Waals surface area (Å²) in [6, 6.07) is 5.15. The number of halogens is 3. The average Bonchev–Trinajstić information content (AvgIpc) is 2.78. The molecule has 98 valence electrons. The topological polar surface area (TPSA) is 29.1 Å². The number of alkyl halides is 1. The summed E-state index contributed by atoms with van der Waals surface area (Å²) in [5, 5.41) is 3.68. The monoisotopic (exact) mass is 349 g/mol. The van der Waals surface area contributed by atoms with Gasteiger partial charge in [-0.25, -0.2) is 0 Å². The molecule has 0 aromatic heterocycles. The van der Waals surface area contributed by atoms with Gasteiger partial charge >= 0.3 is 0 Å². The first kappa shape index (κ1) is 14.2.